The number of ether oxygens (including phenoxy) is 3. The standard InChI is InChI=1S/C17H17NO7S/c1-10(16(21)24-3)18-15(20)13(26-17(18)22)8-11-4-6-12(7-5-11)25-9-14(19)23-2/h4-8,10H,9H2,1-3H3/b13-8+/t10-/m1/s1. The van der Waals surface area contributed by atoms with Crippen LogP contribution < -0.4 is 4.74 Å². The highest BCUT2D eigenvalue weighted by Crippen LogP contribution is 2.34. The van der Waals surface area contributed by atoms with E-state index in [0.717, 1.165) is 16.7 Å². The smallest absolute Gasteiger partial charge is 0.343 e. The van der Waals surface area contributed by atoms with E-state index in [-0.39, 0.29) is 11.5 Å². The number of methoxy groups -OCH3 is 2. The van der Waals surface area contributed by atoms with Crippen LogP contribution in [0.5, 0.6) is 5.75 Å². The van der Waals surface area contributed by atoms with Gasteiger partial charge in [-0.2, -0.15) is 0 Å². The molecule has 1 aromatic carbocycles. The van der Waals surface area contributed by atoms with Crippen molar-refractivity contribution in [2.45, 2.75) is 13.0 Å². The van der Waals surface area contributed by atoms with Gasteiger partial charge in [0.25, 0.3) is 11.1 Å². The van der Waals surface area contributed by atoms with E-state index in [1.165, 1.54) is 21.1 Å². The minimum Gasteiger partial charge on any atom is -0.482 e. The SMILES string of the molecule is COC(=O)COc1ccc(/C=C2/SC(=O)N([C@H](C)C(=O)OC)C2=O)cc1. The monoisotopic (exact) mass is 379 g/mol. The number of benzene rings is 1. The Balaban J connectivity index is 2.10. The quantitative estimate of drug-likeness (QED) is 0.545. The molecule has 1 fully saturated rings. The Labute approximate surface area is 154 Å². The van der Waals surface area contributed by atoms with Gasteiger partial charge in [0.15, 0.2) is 6.61 Å². The second-order valence-corrected chi connectivity index (χ2v) is 6.18. The molecule has 138 valence electrons. The lowest BCUT2D eigenvalue weighted by Crippen LogP contribution is -2.42. The summed E-state index contributed by atoms with van der Waals surface area (Å²) in [6, 6.07) is 5.59. The van der Waals surface area contributed by atoms with Gasteiger partial charge < -0.3 is 14.2 Å². The van der Waals surface area contributed by atoms with Crippen LogP contribution in [0.15, 0.2) is 29.2 Å². The second kappa shape index (κ2) is 8.52. The second-order valence-electron chi connectivity index (χ2n) is 5.18. The van der Waals surface area contributed by atoms with Crippen molar-refractivity contribution >= 4 is 40.9 Å². The number of nitrogens with zero attached hydrogens (tertiary/aromatic N) is 1. The molecule has 0 spiro atoms. The Bertz CT molecular complexity index is 757. The van der Waals surface area contributed by atoms with Crippen molar-refractivity contribution in [3.8, 4) is 5.75 Å². The van der Waals surface area contributed by atoms with Crippen LogP contribution in [0, 0.1) is 0 Å². The number of esters is 2. The molecule has 0 bridgehead atoms. The topological polar surface area (TPSA) is 99.2 Å². The predicted molar refractivity (Wildman–Crippen MR) is 93.2 cm³/mol. The Morgan fingerprint density at radius 1 is 1.15 bits per heavy atom. The largest absolute Gasteiger partial charge is 0.482 e. The van der Waals surface area contributed by atoms with Gasteiger partial charge in [-0.15, -0.1) is 0 Å². The van der Waals surface area contributed by atoms with Crippen molar-refractivity contribution in [2.24, 2.45) is 0 Å². The maximum Gasteiger partial charge on any atom is 0.343 e. The molecular weight excluding hydrogens is 362 g/mol. The molecule has 2 rings (SSSR count). The number of hydrogen-bond acceptors (Lipinski definition) is 8. The summed E-state index contributed by atoms with van der Waals surface area (Å²) in [4.78, 5) is 48.1. The summed E-state index contributed by atoms with van der Waals surface area (Å²) in [6.07, 6.45) is 1.54. The molecule has 26 heavy (non-hydrogen) atoms. The number of imide groups is 1. The molecule has 0 aromatic heterocycles. The fourth-order valence-electron chi connectivity index (χ4n) is 2.10. The fourth-order valence-corrected chi connectivity index (χ4v) is 3.01. The lowest BCUT2D eigenvalue weighted by molar-refractivity contribution is -0.148. The Morgan fingerprint density at radius 3 is 2.38 bits per heavy atom. The molecule has 2 amide bonds. The number of hydrogen-bond donors (Lipinski definition) is 0. The lowest BCUT2D eigenvalue weighted by atomic mass is 10.2. The van der Waals surface area contributed by atoms with Crippen LogP contribution in [0.3, 0.4) is 0 Å². The molecule has 0 unspecified atom stereocenters. The van der Waals surface area contributed by atoms with Crippen LogP contribution in [0.4, 0.5) is 4.79 Å². The molecule has 1 atom stereocenters. The highest BCUT2D eigenvalue weighted by Gasteiger charge is 2.41. The van der Waals surface area contributed by atoms with Crippen LogP contribution in [0.2, 0.25) is 0 Å². The van der Waals surface area contributed by atoms with Crippen LogP contribution in [-0.2, 0) is 23.9 Å². The maximum atomic E-state index is 12.4. The van der Waals surface area contributed by atoms with Crippen LogP contribution in [0.1, 0.15) is 12.5 Å². The minimum atomic E-state index is -0.993. The van der Waals surface area contributed by atoms with Gasteiger partial charge in [-0.1, -0.05) is 12.1 Å². The van der Waals surface area contributed by atoms with E-state index in [9.17, 15) is 19.2 Å². The summed E-state index contributed by atoms with van der Waals surface area (Å²) < 4.78 is 14.3. The number of thioether (sulfide) groups is 1. The highest BCUT2D eigenvalue weighted by molar-refractivity contribution is 8.18. The van der Waals surface area contributed by atoms with Crippen molar-refractivity contribution in [2.75, 3.05) is 20.8 Å². The third-order valence-electron chi connectivity index (χ3n) is 3.52. The van der Waals surface area contributed by atoms with E-state index in [1.54, 1.807) is 30.3 Å². The molecule has 1 aliphatic rings. The van der Waals surface area contributed by atoms with E-state index in [2.05, 4.69) is 9.47 Å². The summed E-state index contributed by atoms with van der Waals surface area (Å²) in [6.45, 7) is 1.22. The number of carbonyl (C=O) groups is 4. The van der Waals surface area contributed by atoms with Gasteiger partial charge >= 0.3 is 11.9 Å². The highest BCUT2D eigenvalue weighted by atomic mass is 32.2. The molecular formula is C17H17NO7S. The van der Waals surface area contributed by atoms with Crippen molar-refractivity contribution in [3.05, 3.63) is 34.7 Å². The molecule has 0 radical (unpaired) electrons. The summed E-state index contributed by atoms with van der Waals surface area (Å²) in [5.41, 5.74) is 0.659. The van der Waals surface area contributed by atoms with Crippen molar-refractivity contribution in [1.29, 1.82) is 0 Å². The van der Waals surface area contributed by atoms with Gasteiger partial charge in [0, 0.05) is 0 Å². The molecule has 0 saturated carbocycles. The van der Waals surface area contributed by atoms with Gasteiger partial charge in [-0.25, -0.2) is 9.59 Å². The molecule has 8 nitrogen and oxygen atoms in total. The first-order valence-corrected chi connectivity index (χ1v) is 8.33. The van der Waals surface area contributed by atoms with E-state index < -0.39 is 29.1 Å². The number of carbonyl (C=O) groups excluding carboxylic acids is 4. The molecule has 0 N–H and O–H groups in total. The van der Waals surface area contributed by atoms with Gasteiger partial charge in [0.2, 0.25) is 0 Å². The Morgan fingerprint density at radius 2 is 1.81 bits per heavy atom. The lowest BCUT2D eigenvalue weighted by Gasteiger charge is -2.18. The number of rotatable bonds is 6. The van der Waals surface area contributed by atoms with Crippen molar-refractivity contribution < 1.29 is 33.4 Å². The third-order valence-corrected chi connectivity index (χ3v) is 4.40. The molecule has 1 saturated heterocycles. The Kier molecular flexibility index (Phi) is 6.40. The average Bonchev–Trinajstić information content (AvgIpc) is 2.92. The predicted octanol–water partition coefficient (Wildman–Crippen LogP) is 1.84. The van der Waals surface area contributed by atoms with Gasteiger partial charge in [0.05, 0.1) is 19.1 Å². The minimum absolute atomic E-state index is 0.203. The van der Waals surface area contributed by atoms with Gasteiger partial charge in [0.1, 0.15) is 11.8 Å². The normalized spacial score (nSPS) is 16.6. The van der Waals surface area contributed by atoms with Crippen LogP contribution in [0.25, 0.3) is 6.08 Å². The molecule has 1 heterocycles. The zero-order chi connectivity index (χ0) is 19.3. The van der Waals surface area contributed by atoms with E-state index in [4.69, 9.17) is 4.74 Å². The average molecular weight is 379 g/mol. The summed E-state index contributed by atoms with van der Waals surface area (Å²) in [5, 5.41) is -0.530. The summed E-state index contributed by atoms with van der Waals surface area (Å²) in [5.74, 6) is -1.26. The first-order chi connectivity index (χ1) is 12.4. The summed E-state index contributed by atoms with van der Waals surface area (Å²) >= 11 is 0.753. The van der Waals surface area contributed by atoms with Gasteiger partial charge in [-0.05, 0) is 42.5 Å². The van der Waals surface area contributed by atoms with Crippen LogP contribution in [-0.4, -0.2) is 54.9 Å². The molecule has 1 aromatic rings. The van der Waals surface area contributed by atoms with E-state index in [0.29, 0.717) is 11.3 Å². The zero-order valence-corrected chi connectivity index (χ0v) is 15.2. The first kappa shape index (κ1) is 19.5. The van der Waals surface area contributed by atoms with Gasteiger partial charge in [-0.3, -0.25) is 14.5 Å². The molecule has 9 heteroatoms. The van der Waals surface area contributed by atoms with Crippen LogP contribution >= 0.6 is 11.8 Å². The van der Waals surface area contributed by atoms with E-state index >= 15 is 0 Å². The summed E-state index contributed by atoms with van der Waals surface area (Å²) in [7, 11) is 2.46. The molecule has 1 aliphatic heterocycles. The Hall–Kier alpha value is -2.81. The third kappa shape index (κ3) is 4.42. The van der Waals surface area contributed by atoms with E-state index in [1.807, 2.05) is 0 Å². The maximum absolute atomic E-state index is 12.4. The van der Waals surface area contributed by atoms with Crippen molar-refractivity contribution in [3.63, 3.8) is 0 Å². The van der Waals surface area contributed by atoms with Crippen molar-refractivity contribution in [1.82, 2.24) is 4.90 Å². The first-order valence-electron chi connectivity index (χ1n) is 7.52. The zero-order valence-electron chi connectivity index (χ0n) is 14.4. The fraction of sp³-hybridized carbons (Fsp3) is 0.294. The number of amides is 2. The molecule has 0 aliphatic carbocycles.